The van der Waals surface area contributed by atoms with Crippen LogP contribution in [0.15, 0.2) is 6.20 Å². The number of hydrogen-bond acceptors (Lipinski definition) is 3. The second-order valence-electron chi connectivity index (χ2n) is 4.25. The van der Waals surface area contributed by atoms with E-state index in [1.165, 1.54) is 0 Å². The average Bonchev–Trinajstić information content (AvgIpc) is 2.75. The van der Waals surface area contributed by atoms with E-state index in [1.54, 1.807) is 6.20 Å². The molecule has 82 valence electrons. The molecule has 0 aliphatic carbocycles. The van der Waals surface area contributed by atoms with Crippen LogP contribution in [0.2, 0.25) is 0 Å². The summed E-state index contributed by atoms with van der Waals surface area (Å²) in [4.78, 5) is 16.3. The third kappa shape index (κ3) is 1.69. The molecule has 2 heterocycles. The summed E-state index contributed by atoms with van der Waals surface area (Å²) in [6.07, 6.45) is 2.62. The number of Topliss-reactive ketones (excluding diaryl/α,β-unsaturated/α-hetero) is 1. The van der Waals surface area contributed by atoms with Crippen molar-refractivity contribution in [2.75, 3.05) is 6.54 Å². The fourth-order valence-electron chi connectivity index (χ4n) is 2.14. The van der Waals surface area contributed by atoms with Gasteiger partial charge in [-0.25, -0.2) is 4.98 Å². The Hall–Kier alpha value is -1.16. The lowest BCUT2D eigenvalue weighted by atomic mass is 9.95. The van der Waals surface area contributed by atoms with Gasteiger partial charge < -0.3 is 9.88 Å². The van der Waals surface area contributed by atoms with Crippen molar-refractivity contribution in [3.63, 3.8) is 0 Å². The Bertz CT molecular complexity index is 383. The van der Waals surface area contributed by atoms with E-state index in [4.69, 9.17) is 0 Å². The monoisotopic (exact) mass is 207 g/mol. The molecule has 2 atom stereocenters. The van der Waals surface area contributed by atoms with Gasteiger partial charge in [-0.2, -0.15) is 0 Å². The highest BCUT2D eigenvalue weighted by molar-refractivity contribution is 5.97. The van der Waals surface area contributed by atoms with Gasteiger partial charge in [0.05, 0.1) is 6.20 Å². The molecule has 1 aromatic rings. The molecule has 1 aliphatic heterocycles. The minimum absolute atomic E-state index is 0.111. The van der Waals surface area contributed by atoms with Gasteiger partial charge in [0.15, 0.2) is 5.78 Å². The first-order valence-corrected chi connectivity index (χ1v) is 5.37. The number of nitrogens with zero attached hydrogens (tertiary/aromatic N) is 2. The van der Waals surface area contributed by atoms with E-state index in [-0.39, 0.29) is 17.7 Å². The molecule has 0 bridgehead atoms. The maximum Gasteiger partial charge on any atom is 0.185 e. The molecule has 1 saturated heterocycles. The highest BCUT2D eigenvalue weighted by atomic mass is 16.1. The Labute approximate surface area is 89.7 Å². The minimum atomic E-state index is 0.111. The molecule has 2 rings (SSSR count). The Morgan fingerprint density at radius 2 is 2.40 bits per heavy atom. The van der Waals surface area contributed by atoms with Crippen LogP contribution in [0.3, 0.4) is 0 Å². The molecule has 0 aromatic carbocycles. The predicted molar refractivity (Wildman–Crippen MR) is 57.8 cm³/mol. The highest BCUT2D eigenvalue weighted by Gasteiger charge is 2.31. The van der Waals surface area contributed by atoms with Gasteiger partial charge in [0.2, 0.25) is 0 Å². The van der Waals surface area contributed by atoms with Crippen molar-refractivity contribution in [1.29, 1.82) is 0 Å². The second-order valence-corrected chi connectivity index (χ2v) is 4.25. The number of ketones is 1. The average molecular weight is 207 g/mol. The maximum absolute atomic E-state index is 12.2. The molecule has 1 aliphatic rings. The van der Waals surface area contributed by atoms with E-state index in [0.29, 0.717) is 0 Å². The fourth-order valence-corrected chi connectivity index (χ4v) is 2.14. The number of hydrogen-bond donors (Lipinski definition) is 1. The van der Waals surface area contributed by atoms with Crippen molar-refractivity contribution in [2.45, 2.75) is 26.3 Å². The topological polar surface area (TPSA) is 46.9 Å². The number of carbonyl (C=O) groups excluding carboxylic acids is 1. The Morgan fingerprint density at radius 3 is 2.87 bits per heavy atom. The first kappa shape index (κ1) is 10.4. The maximum atomic E-state index is 12.2. The summed E-state index contributed by atoms with van der Waals surface area (Å²) in [6, 6.07) is 0.285. The Kier molecular flexibility index (Phi) is 2.61. The molecule has 0 amide bonds. The van der Waals surface area contributed by atoms with Crippen molar-refractivity contribution >= 4 is 5.78 Å². The Morgan fingerprint density at radius 1 is 1.67 bits per heavy atom. The van der Waals surface area contributed by atoms with Crippen molar-refractivity contribution < 1.29 is 4.79 Å². The standard InChI is InChI=1S/C11H17N3O/c1-7-9(4-5-12-7)11(15)10-6-13-8(2)14(10)3/h6-7,9,12H,4-5H2,1-3H3. The van der Waals surface area contributed by atoms with E-state index in [0.717, 1.165) is 24.5 Å². The molecule has 15 heavy (non-hydrogen) atoms. The van der Waals surface area contributed by atoms with Gasteiger partial charge in [0.1, 0.15) is 11.5 Å². The van der Waals surface area contributed by atoms with Crippen LogP contribution in [0.5, 0.6) is 0 Å². The molecule has 0 radical (unpaired) electrons. The van der Waals surface area contributed by atoms with Crippen molar-refractivity contribution in [3.8, 4) is 0 Å². The molecule has 0 saturated carbocycles. The number of aromatic nitrogens is 2. The van der Waals surface area contributed by atoms with Gasteiger partial charge in [-0.1, -0.05) is 0 Å². The number of carbonyl (C=O) groups is 1. The third-order valence-corrected chi connectivity index (χ3v) is 3.33. The van der Waals surface area contributed by atoms with E-state index in [2.05, 4.69) is 17.2 Å². The molecular formula is C11H17N3O. The predicted octanol–water partition coefficient (Wildman–Crippen LogP) is 0.909. The molecule has 0 spiro atoms. The highest BCUT2D eigenvalue weighted by Crippen LogP contribution is 2.20. The Balaban J connectivity index is 2.24. The van der Waals surface area contributed by atoms with Gasteiger partial charge >= 0.3 is 0 Å². The number of aryl methyl sites for hydroxylation is 1. The van der Waals surface area contributed by atoms with Crippen LogP contribution in [0.25, 0.3) is 0 Å². The van der Waals surface area contributed by atoms with Crippen molar-refractivity contribution in [1.82, 2.24) is 14.9 Å². The number of imidazole rings is 1. The van der Waals surface area contributed by atoms with E-state index in [1.807, 2.05) is 18.5 Å². The lowest BCUT2D eigenvalue weighted by Gasteiger charge is -2.13. The van der Waals surface area contributed by atoms with Crippen LogP contribution in [0.4, 0.5) is 0 Å². The van der Waals surface area contributed by atoms with E-state index >= 15 is 0 Å². The van der Waals surface area contributed by atoms with Gasteiger partial charge in [0.25, 0.3) is 0 Å². The first-order valence-electron chi connectivity index (χ1n) is 5.37. The summed E-state index contributed by atoms with van der Waals surface area (Å²) in [7, 11) is 1.89. The largest absolute Gasteiger partial charge is 0.329 e. The smallest absolute Gasteiger partial charge is 0.185 e. The van der Waals surface area contributed by atoms with Crippen molar-refractivity contribution in [2.24, 2.45) is 13.0 Å². The quantitative estimate of drug-likeness (QED) is 0.733. The second kappa shape index (κ2) is 3.77. The van der Waals surface area contributed by atoms with E-state index < -0.39 is 0 Å². The van der Waals surface area contributed by atoms with Gasteiger partial charge in [-0.05, 0) is 26.8 Å². The fraction of sp³-hybridized carbons (Fsp3) is 0.636. The minimum Gasteiger partial charge on any atom is -0.329 e. The summed E-state index contributed by atoms with van der Waals surface area (Å²) in [6.45, 7) is 4.92. The SMILES string of the molecule is Cc1ncc(C(=O)C2CCNC2C)n1C. The zero-order chi connectivity index (χ0) is 11.0. The summed E-state index contributed by atoms with van der Waals surface area (Å²) < 4.78 is 1.87. The molecule has 4 nitrogen and oxygen atoms in total. The third-order valence-electron chi connectivity index (χ3n) is 3.33. The molecule has 4 heteroatoms. The van der Waals surface area contributed by atoms with Crippen LogP contribution in [0.1, 0.15) is 29.7 Å². The zero-order valence-electron chi connectivity index (χ0n) is 9.45. The van der Waals surface area contributed by atoms with Crippen LogP contribution in [-0.4, -0.2) is 27.9 Å². The van der Waals surface area contributed by atoms with Crippen LogP contribution in [0, 0.1) is 12.8 Å². The normalized spacial score (nSPS) is 25.8. The lowest BCUT2D eigenvalue weighted by Crippen LogP contribution is -2.29. The van der Waals surface area contributed by atoms with Crippen LogP contribution < -0.4 is 5.32 Å². The number of rotatable bonds is 2. The molecule has 1 N–H and O–H groups in total. The number of nitrogens with one attached hydrogen (secondary N) is 1. The van der Waals surface area contributed by atoms with E-state index in [9.17, 15) is 4.79 Å². The molecule has 2 unspecified atom stereocenters. The molecule has 1 fully saturated rings. The van der Waals surface area contributed by atoms with Gasteiger partial charge in [0, 0.05) is 19.0 Å². The lowest BCUT2D eigenvalue weighted by molar-refractivity contribution is 0.0905. The van der Waals surface area contributed by atoms with Gasteiger partial charge in [-0.3, -0.25) is 4.79 Å². The van der Waals surface area contributed by atoms with Crippen molar-refractivity contribution in [3.05, 3.63) is 17.7 Å². The summed E-state index contributed by atoms with van der Waals surface area (Å²) in [5, 5.41) is 3.30. The van der Waals surface area contributed by atoms with Crippen LogP contribution in [-0.2, 0) is 7.05 Å². The summed E-state index contributed by atoms with van der Waals surface area (Å²) in [5.74, 6) is 1.22. The molecule has 1 aromatic heterocycles. The van der Waals surface area contributed by atoms with Gasteiger partial charge in [-0.15, -0.1) is 0 Å². The first-order chi connectivity index (χ1) is 7.11. The summed E-state index contributed by atoms with van der Waals surface area (Å²) >= 11 is 0. The van der Waals surface area contributed by atoms with Crippen LogP contribution >= 0.6 is 0 Å². The molecular weight excluding hydrogens is 190 g/mol. The zero-order valence-corrected chi connectivity index (χ0v) is 9.45. The summed E-state index contributed by atoms with van der Waals surface area (Å²) in [5.41, 5.74) is 0.730.